The maximum atomic E-state index is 10.8. The summed E-state index contributed by atoms with van der Waals surface area (Å²) in [5.74, 6) is 0. The van der Waals surface area contributed by atoms with Crippen LogP contribution in [-0.2, 0) is 19.1 Å². The van der Waals surface area contributed by atoms with E-state index < -0.39 is 16.2 Å². The van der Waals surface area contributed by atoms with Crippen molar-refractivity contribution < 1.29 is 17.4 Å². The van der Waals surface area contributed by atoms with E-state index in [-0.39, 0.29) is 0 Å². The molecule has 0 heterocycles. The number of carbonyl (C=O) groups is 1. The van der Waals surface area contributed by atoms with Crippen LogP contribution in [0.15, 0.2) is 24.3 Å². The van der Waals surface area contributed by atoms with E-state index in [1.165, 1.54) is 6.07 Å². The van der Waals surface area contributed by atoms with Gasteiger partial charge in [0, 0.05) is 5.02 Å². The highest BCUT2D eigenvalue weighted by Crippen LogP contribution is 2.20. The van der Waals surface area contributed by atoms with Crippen molar-refractivity contribution in [2.75, 3.05) is 6.26 Å². The number of halogens is 1. The lowest BCUT2D eigenvalue weighted by atomic mass is 10.1. The second kappa shape index (κ2) is 4.74. The molecule has 1 atom stereocenters. The van der Waals surface area contributed by atoms with Gasteiger partial charge < -0.3 is 4.79 Å². The Bertz CT molecular complexity index is 455. The molecule has 6 heteroatoms. The van der Waals surface area contributed by atoms with Gasteiger partial charge in [-0.3, -0.25) is 4.18 Å². The second-order valence-electron chi connectivity index (χ2n) is 2.91. The molecule has 1 aromatic rings. The summed E-state index contributed by atoms with van der Waals surface area (Å²) in [4.78, 5) is 10.7. The quantitative estimate of drug-likeness (QED) is 0.599. The molecule has 0 saturated heterocycles. The van der Waals surface area contributed by atoms with Crippen LogP contribution in [-0.4, -0.2) is 21.0 Å². The van der Waals surface area contributed by atoms with Crippen molar-refractivity contribution in [2.24, 2.45) is 0 Å². The number of hydrogen-bond donors (Lipinski definition) is 0. The molecule has 1 rings (SSSR count). The molecule has 0 fully saturated rings. The van der Waals surface area contributed by atoms with Gasteiger partial charge in [0.05, 0.1) is 6.26 Å². The van der Waals surface area contributed by atoms with Crippen molar-refractivity contribution in [1.29, 1.82) is 0 Å². The Labute approximate surface area is 92.9 Å². The van der Waals surface area contributed by atoms with Crippen LogP contribution in [0, 0.1) is 0 Å². The van der Waals surface area contributed by atoms with Crippen molar-refractivity contribution in [3.05, 3.63) is 34.9 Å². The Morgan fingerprint density at radius 1 is 1.47 bits per heavy atom. The number of aldehydes is 1. The van der Waals surface area contributed by atoms with Crippen molar-refractivity contribution in [1.82, 2.24) is 0 Å². The van der Waals surface area contributed by atoms with Gasteiger partial charge in [-0.25, -0.2) is 0 Å². The second-order valence-corrected chi connectivity index (χ2v) is 4.95. The standard InChI is InChI=1S/C9H9ClO4S/c1-15(12,13)14-9(6-11)7-3-2-4-8(10)5-7/h2-6,9H,1H3. The molecule has 4 nitrogen and oxygen atoms in total. The van der Waals surface area contributed by atoms with Crippen LogP contribution in [0.4, 0.5) is 0 Å². The highest BCUT2D eigenvalue weighted by molar-refractivity contribution is 7.86. The molecule has 0 N–H and O–H groups in total. The molecule has 0 aliphatic heterocycles. The lowest BCUT2D eigenvalue weighted by molar-refractivity contribution is -0.113. The normalized spacial score (nSPS) is 13.5. The number of hydrogen-bond acceptors (Lipinski definition) is 4. The fourth-order valence-corrected chi connectivity index (χ4v) is 1.76. The fraction of sp³-hybridized carbons (Fsp3) is 0.222. The van der Waals surface area contributed by atoms with Crippen molar-refractivity contribution in [2.45, 2.75) is 6.10 Å². The minimum atomic E-state index is -3.67. The van der Waals surface area contributed by atoms with Crippen LogP contribution in [0.5, 0.6) is 0 Å². The Kier molecular flexibility index (Phi) is 3.84. The van der Waals surface area contributed by atoms with Crippen LogP contribution in [0.25, 0.3) is 0 Å². The zero-order valence-corrected chi connectivity index (χ0v) is 9.46. The summed E-state index contributed by atoms with van der Waals surface area (Å²) in [6.45, 7) is 0. The SMILES string of the molecule is CS(=O)(=O)OC(C=O)c1cccc(Cl)c1. The summed E-state index contributed by atoms with van der Waals surface area (Å²) in [5.41, 5.74) is 0.405. The Morgan fingerprint density at radius 2 is 2.13 bits per heavy atom. The van der Waals surface area contributed by atoms with Gasteiger partial charge in [-0.2, -0.15) is 8.42 Å². The molecule has 0 saturated carbocycles. The van der Waals surface area contributed by atoms with Crippen LogP contribution in [0.2, 0.25) is 5.02 Å². The molecular formula is C9H9ClO4S. The van der Waals surface area contributed by atoms with Gasteiger partial charge in [0.25, 0.3) is 10.1 Å². The number of rotatable bonds is 4. The lowest BCUT2D eigenvalue weighted by Crippen LogP contribution is -2.11. The van der Waals surface area contributed by atoms with Crippen LogP contribution >= 0.6 is 11.6 Å². The smallest absolute Gasteiger partial charge is 0.265 e. The van der Waals surface area contributed by atoms with Gasteiger partial charge in [0.1, 0.15) is 0 Å². The van der Waals surface area contributed by atoms with Gasteiger partial charge in [-0.1, -0.05) is 23.7 Å². The maximum Gasteiger partial charge on any atom is 0.265 e. The van der Waals surface area contributed by atoms with E-state index in [4.69, 9.17) is 11.6 Å². The van der Waals surface area contributed by atoms with Gasteiger partial charge in [0.15, 0.2) is 12.4 Å². The van der Waals surface area contributed by atoms with Gasteiger partial charge in [-0.15, -0.1) is 0 Å². The Morgan fingerprint density at radius 3 is 2.60 bits per heavy atom. The molecule has 1 aromatic carbocycles. The highest BCUT2D eigenvalue weighted by atomic mass is 35.5. The molecule has 0 bridgehead atoms. The van der Waals surface area contributed by atoms with Crippen molar-refractivity contribution in [3.63, 3.8) is 0 Å². The Hall–Kier alpha value is -0.910. The maximum absolute atomic E-state index is 10.8. The first-order valence-electron chi connectivity index (χ1n) is 4.01. The number of benzene rings is 1. The van der Waals surface area contributed by atoms with E-state index in [2.05, 4.69) is 4.18 Å². The summed E-state index contributed by atoms with van der Waals surface area (Å²) >= 11 is 5.70. The molecule has 0 aromatic heterocycles. The van der Waals surface area contributed by atoms with Crippen LogP contribution in [0.1, 0.15) is 11.7 Å². The van der Waals surface area contributed by atoms with Gasteiger partial charge >= 0.3 is 0 Å². The average Bonchev–Trinajstić information content (AvgIpc) is 2.13. The third kappa shape index (κ3) is 3.99. The van der Waals surface area contributed by atoms with E-state index in [0.717, 1.165) is 6.26 Å². The zero-order valence-electron chi connectivity index (χ0n) is 7.88. The molecule has 0 radical (unpaired) electrons. The summed E-state index contributed by atoms with van der Waals surface area (Å²) in [5, 5.41) is 0.413. The predicted molar refractivity (Wildman–Crippen MR) is 56.2 cm³/mol. The molecule has 1 unspecified atom stereocenters. The summed E-state index contributed by atoms with van der Waals surface area (Å²) < 4.78 is 26.3. The minimum absolute atomic E-state index is 0.405. The largest absolute Gasteiger partial charge is 0.300 e. The molecule has 82 valence electrons. The fourth-order valence-electron chi connectivity index (χ4n) is 1.03. The molecule has 0 aliphatic carbocycles. The van der Waals surface area contributed by atoms with Crippen LogP contribution < -0.4 is 0 Å². The summed E-state index contributed by atoms with van der Waals surface area (Å²) in [6.07, 6.45) is 0.152. The topological polar surface area (TPSA) is 60.4 Å². The zero-order chi connectivity index (χ0) is 11.5. The summed E-state index contributed by atoms with van der Waals surface area (Å²) in [7, 11) is -3.67. The average molecular weight is 249 g/mol. The third-order valence-corrected chi connectivity index (χ3v) is 2.37. The lowest BCUT2D eigenvalue weighted by Gasteiger charge is -2.09. The van der Waals surface area contributed by atoms with Crippen LogP contribution in [0.3, 0.4) is 0 Å². The van der Waals surface area contributed by atoms with E-state index >= 15 is 0 Å². The van der Waals surface area contributed by atoms with E-state index in [0.29, 0.717) is 16.9 Å². The number of carbonyl (C=O) groups excluding carboxylic acids is 1. The van der Waals surface area contributed by atoms with E-state index in [1.807, 2.05) is 0 Å². The minimum Gasteiger partial charge on any atom is -0.300 e. The summed E-state index contributed by atoms with van der Waals surface area (Å²) in [6, 6.07) is 6.27. The predicted octanol–water partition coefficient (Wildman–Crippen LogP) is 1.56. The molecule has 0 amide bonds. The molecular weight excluding hydrogens is 240 g/mol. The van der Waals surface area contributed by atoms with Gasteiger partial charge in [-0.05, 0) is 17.7 Å². The monoisotopic (exact) mass is 248 g/mol. The first-order valence-corrected chi connectivity index (χ1v) is 6.21. The van der Waals surface area contributed by atoms with E-state index in [1.54, 1.807) is 18.2 Å². The molecule has 0 aliphatic rings. The first kappa shape index (κ1) is 12.2. The molecule has 15 heavy (non-hydrogen) atoms. The highest BCUT2D eigenvalue weighted by Gasteiger charge is 2.16. The van der Waals surface area contributed by atoms with E-state index in [9.17, 15) is 13.2 Å². The Balaban J connectivity index is 2.98. The third-order valence-electron chi connectivity index (χ3n) is 1.58. The first-order chi connectivity index (χ1) is 6.92. The van der Waals surface area contributed by atoms with Crippen molar-refractivity contribution >= 4 is 28.0 Å². The van der Waals surface area contributed by atoms with Gasteiger partial charge in [0.2, 0.25) is 0 Å². The molecule has 0 spiro atoms. The van der Waals surface area contributed by atoms with Crippen molar-refractivity contribution in [3.8, 4) is 0 Å².